The van der Waals surface area contributed by atoms with Gasteiger partial charge in [-0.15, -0.1) is 0 Å². The molecular weight excluding hydrogens is 214 g/mol. The van der Waals surface area contributed by atoms with Crippen molar-refractivity contribution in [2.24, 2.45) is 5.92 Å². The molecule has 0 rings (SSSR count). The van der Waals surface area contributed by atoms with Gasteiger partial charge in [-0.25, -0.2) is 0 Å². The number of ether oxygens (including phenoxy) is 1. The molecule has 0 spiro atoms. The minimum atomic E-state index is -0.348. The number of methoxy groups -OCH3 is 1. The number of aliphatic hydroxyl groups is 1. The van der Waals surface area contributed by atoms with Gasteiger partial charge in [-0.2, -0.15) is 0 Å². The molecule has 0 aliphatic carbocycles. The lowest BCUT2D eigenvalue weighted by Crippen LogP contribution is -2.49. The van der Waals surface area contributed by atoms with Crippen LogP contribution in [-0.4, -0.2) is 56.6 Å². The van der Waals surface area contributed by atoms with Crippen LogP contribution in [0.1, 0.15) is 39.5 Å². The highest BCUT2D eigenvalue weighted by molar-refractivity contribution is 4.58. The molecule has 0 aromatic heterocycles. The van der Waals surface area contributed by atoms with E-state index in [4.69, 9.17) is 4.74 Å². The number of quaternary nitrogens is 1. The SMILES string of the molecule is CCCCC(CC)C[N+](C)(C)CC(O)COC. The molecule has 0 aliphatic heterocycles. The molecule has 3 heteroatoms. The van der Waals surface area contributed by atoms with Crippen molar-refractivity contribution in [3.63, 3.8) is 0 Å². The molecule has 0 bridgehead atoms. The van der Waals surface area contributed by atoms with Crippen molar-refractivity contribution in [1.29, 1.82) is 0 Å². The molecule has 0 fully saturated rings. The highest BCUT2D eigenvalue weighted by Gasteiger charge is 2.24. The fourth-order valence-electron chi connectivity index (χ4n) is 2.51. The van der Waals surface area contributed by atoms with Gasteiger partial charge in [0.15, 0.2) is 0 Å². The summed E-state index contributed by atoms with van der Waals surface area (Å²) in [5.41, 5.74) is 0. The van der Waals surface area contributed by atoms with E-state index in [-0.39, 0.29) is 6.10 Å². The Morgan fingerprint density at radius 2 is 1.82 bits per heavy atom. The molecule has 0 aromatic carbocycles. The second-order valence-corrected chi connectivity index (χ2v) is 5.83. The van der Waals surface area contributed by atoms with Crippen LogP contribution >= 0.6 is 0 Å². The summed E-state index contributed by atoms with van der Waals surface area (Å²) in [7, 11) is 6.04. The lowest BCUT2D eigenvalue weighted by Gasteiger charge is -2.34. The third kappa shape index (κ3) is 8.58. The van der Waals surface area contributed by atoms with E-state index >= 15 is 0 Å². The van der Waals surface area contributed by atoms with Gasteiger partial charge in [-0.3, -0.25) is 0 Å². The van der Waals surface area contributed by atoms with Crippen LogP contribution in [0, 0.1) is 5.92 Å². The van der Waals surface area contributed by atoms with Crippen molar-refractivity contribution >= 4 is 0 Å². The Bertz CT molecular complexity index is 183. The topological polar surface area (TPSA) is 29.5 Å². The lowest BCUT2D eigenvalue weighted by molar-refractivity contribution is -0.896. The third-order valence-corrected chi connectivity index (χ3v) is 3.36. The predicted molar refractivity (Wildman–Crippen MR) is 73.0 cm³/mol. The van der Waals surface area contributed by atoms with Gasteiger partial charge in [-0.1, -0.05) is 26.7 Å². The smallest absolute Gasteiger partial charge is 0.126 e. The summed E-state index contributed by atoms with van der Waals surface area (Å²) in [4.78, 5) is 0. The number of hydrogen-bond donors (Lipinski definition) is 1. The number of unbranched alkanes of at least 4 members (excludes halogenated alkanes) is 1. The van der Waals surface area contributed by atoms with Gasteiger partial charge >= 0.3 is 0 Å². The van der Waals surface area contributed by atoms with E-state index in [1.165, 1.54) is 25.7 Å². The Balaban J connectivity index is 4.10. The van der Waals surface area contributed by atoms with E-state index in [9.17, 15) is 5.11 Å². The Morgan fingerprint density at radius 1 is 1.18 bits per heavy atom. The molecule has 104 valence electrons. The first kappa shape index (κ1) is 16.9. The second-order valence-electron chi connectivity index (χ2n) is 5.83. The maximum Gasteiger partial charge on any atom is 0.126 e. The molecule has 0 amide bonds. The molecule has 0 aromatic rings. The average Bonchev–Trinajstić information content (AvgIpc) is 2.23. The zero-order valence-corrected chi connectivity index (χ0v) is 12.4. The van der Waals surface area contributed by atoms with E-state index in [2.05, 4.69) is 27.9 Å². The first-order valence-corrected chi connectivity index (χ1v) is 6.94. The predicted octanol–water partition coefficient (Wildman–Crippen LogP) is 2.29. The van der Waals surface area contributed by atoms with Crippen LogP contribution in [0.2, 0.25) is 0 Å². The van der Waals surface area contributed by atoms with E-state index in [0.717, 1.165) is 23.5 Å². The zero-order chi connectivity index (χ0) is 13.3. The normalized spacial score (nSPS) is 15.9. The molecule has 2 atom stereocenters. The van der Waals surface area contributed by atoms with Gasteiger partial charge in [-0.05, 0) is 12.8 Å². The van der Waals surface area contributed by atoms with Gasteiger partial charge in [0.05, 0.1) is 27.2 Å². The summed E-state index contributed by atoms with van der Waals surface area (Å²) < 4.78 is 5.87. The third-order valence-electron chi connectivity index (χ3n) is 3.36. The number of rotatable bonds is 10. The maximum atomic E-state index is 9.81. The Hall–Kier alpha value is -0.120. The summed E-state index contributed by atoms with van der Waals surface area (Å²) in [6.07, 6.45) is 4.80. The minimum Gasteiger partial charge on any atom is -0.385 e. The van der Waals surface area contributed by atoms with Gasteiger partial charge in [0.2, 0.25) is 0 Å². The molecule has 17 heavy (non-hydrogen) atoms. The van der Waals surface area contributed by atoms with Crippen LogP contribution in [0.25, 0.3) is 0 Å². The lowest BCUT2D eigenvalue weighted by atomic mass is 9.98. The molecular formula is C14H32NO2+. The standard InChI is InChI=1S/C14H32NO2/c1-6-8-9-13(7-2)10-15(3,4)11-14(16)12-17-5/h13-14,16H,6-12H2,1-5H3/q+1. The molecule has 1 N–H and O–H groups in total. The molecule has 0 aliphatic rings. The Kier molecular flexibility index (Phi) is 8.83. The van der Waals surface area contributed by atoms with Crippen LogP contribution in [-0.2, 0) is 4.74 Å². The van der Waals surface area contributed by atoms with Crippen LogP contribution in [0.4, 0.5) is 0 Å². The largest absolute Gasteiger partial charge is 0.385 e. The monoisotopic (exact) mass is 246 g/mol. The van der Waals surface area contributed by atoms with Crippen molar-refractivity contribution in [3.05, 3.63) is 0 Å². The fraction of sp³-hybridized carbons (Fsp3) is 1.00. The average molecular weight is 246 g/mol. The first-order valence-electron chi connectivity index (χ1n) is 6.94. The van der Waals surface area contributed by atoms with E-state index in [0.29, 0.717) is 6.61 Å². The van der Waals surface area contributed by atoms with E-state index in [1.54, 1.807) is 7.11 Å². The highest BCUT2D eigenvalue weighted by Crippen LogP contribution is 2.17. The van der Waals surface area contributed by atoms with Crippen LogP contribution in [0.3, 0.4) is 0 Å². The van der Waals surface area contributed by atoms with Gasteiger partial charge in [0.25, 0.3) is 0 Å². The molecule has 0 radical (unpaired) electrons. The summed E-state index contributed by atoms with van der Waals surface area (Å²) in [6, 6.07) is 0. The quantitative estimate of drug-likeness (QED) is 0.599. The molecule has 3 nitrogen and oxygen atoms in total. The van der Waals surface area contributed by atoms with E-state index in [1.807, 2.05) is 0 Å². The van der Waals surface area contributed by atoms with Gasteiger partial charge < -0.3 is 14.3 Å². The maximum absolute atomic E-state index is 9.81. The van der Waals surface area contributed by atoms with Crippen LogP contribution in [0.5, 0.6) is 0 Å². The number of nitrogens with zero attached hydrogens (tertiary/aromatic N) is 1. The summed E-state index contributed by atoms with van der Waals surface area (Å²) in [6.45, 7) is 6.88. The van der Waals surface area contributed by atoms with Crippen LogP contribution < -0.4 is 0 Å². The second kappa shape index (κ2) is 8.90. The van der Waals surface area contributed by atoms with Crippen molar-refractivity contribution < 1.29 is 14.3 Å². The molecule has 0 saturated carbocycles. The minimum absolute atomic E-state index is 0.348. The van der Waals surface area contributed by atoms with Crippen molar-refractivity contribution in [3.8, 4) is 0 Å². The summed E-state index contributed by atoms with van der Waals surface area (Å²) in [5, 5.41) is 9.81. The van der Waals surface area contributed by atoms with Gasteiger partial charge in [0, 0.05) is 13.0 Å². The zero-order valence-electron chi connectivity index (χ0n) is 12.4. The van der Waals surface area contributed by atoms with Crippen LogP contribution in [0.15, 0.2) is 0 Å². The number of hydrogen-bond acceptors (Lipinski definition) is 2. The van der Waals surface area contributed by atoms with Crippen molar-refractivity contribution in [1.82, 2.24) is 0 Å². The molecule has 0 heterocycles. The van der Waals surface area contributed by atoms with Gasteiger partial charge in [0.1, 0.15) is 12.6 Å². The summed E-state index contributed by atoms with van der Waals surface area (Å²) >= 11 is 0. The Morgan fingerprint density at radius 3 is 2.29 bits per heavy atom. The van der Waals surface area contributed by atoms with Crippen molar-refractivity contribution in [2.45, 2.75) is 45.6 Å². The first-order chi connectivity index (χ1) is 7.95. The molecule has 2 unspecified atom stereocenters. The van der Waals surface area contributed by atoms with E-state index < -0.39 is 0 Å². The summed E-state index contributed by atoms with van der Waals surface area (Å²) in [5.74, 6) is 0.777. The number of aliphatic hydroxyl groups excluding tert-OH is 1. The number of likely N-dealkylation sites (N-methyl/N-ethyl adjacent to an activating group) is 1. The molecule has 0 saturated heterocycles. The highest BCUT2D eigenvalue weighted by atomic mass is 16.5. The Labute approximate surface area is 107 Å². The fourth-order valence-corrected chi connectivity index (χ4v) is 2.51. The van der Waals surface area contributed by atoms with Crippen molar-refractivity contribution in [2.75, 3.05) is 40.9 Å².